The largest absolute Gasteiger partial charge is 0.325 e. The van der Waals surface area contributed by atoms with Crippen molar-refractivity contribution in [2.45, 2.75) is 13.8 Å². The van der Waals surface area contributed by atoms with Gasteiger partial charge in [-0.15, -0.1) is 11.3 Å². The number of nitrogens with one attached hydrogen (secondary N) is 2. The van der Waals surface area contributed by atoms with Crippen molar-refractivity contribution in [2.24, 2.45) is 0 Å². The summed E-state index contributed by atoms with van der Waals surface area (Å²) < 4.78 is 0. The average molecular weight is 247 g/mol. The van der Waals surface area contributed by atoms with Crippen LogP contribution in [0, 0.1) is 13.8 Å². The Bertz CT molecular complexity index is 523. The number of amides is 2. The molecule has 5 heteroatoms. The zero-order chi connectivity index (χ0) is 12.3. The molecule has 1 aromatic heterocycles. The summed E-state index contributed by atoms with van der Waals surface area (Å²) in [5, 5.41) is 7.83. The zero-order valence-corrected chi connectivity index (χ0v) is 10.5. The van der Waals surface area contributed by atoms with Gasteiger partial charge in [-0.2, -0.15) is 0 Å². The summed E-state index contributed by atoms with van der Waals surface area (Å²) in [6, 6.07) is 5.53. The summed E-state index contributed by atoms with van der Waals surface area (Å²) in [5.41, 5.74) is 3.13. The standard InChI is InChI=1S/C12H13N3OS/c1-8-3-4-10(7-9(8)2)14-11(16)15-12-13-5-6-17-12/h3-7H,1-2H3,(H2,13,14,15,16). The molecule has 0 unspecified atom stereocenters. The van der Waals surface area contributed by atoms with E-state index >= 15 is 0 Å². The highest BCUT2D eigenvalue weighted by Gasteiger charge is 2.04. The first-order valence-electron chi connectivity index (χ1n) is 5.20. The number of nitrogens with zero attached hydrogens (tertiary/aromatic N) is 1. The molecule has 1 aromatic carbocycles. The Hall–Kier alpha value is -1.88. The quantitative estimate of drug-likeness (QED) is 0.854. The predicted octanol–water partition coefficient (Wildman–Crippen LogP) is 3.40. The fraction of sp³-hybridized carbons (Fsp3) is 0.167. The minimum Gasteiger partial charge on any atom is -0.308 e. The monoisotopic (exact) mass is 247 g/mol. The number of carbonyl (C=O) groups excluding carboxylic acids is 1. The molecule has 88 valence electrons. The molecule has 2 rings (SSSR count). The molecule has 2 aromatic rings. The van der Waals surface area contributed by atoms with Crippen LogP contribution in [0.3, 0.4) is 0 Å². The van der Waals surface area contributed by atoms with E-state index in [0.717, 1.165) is 11.3 Å². The van der Waals surface area contributed by atoms with Gasteiger partial charge in [0.1, 0.15) is 0 Å². The maximum Gasteiger partial charge on any atom is 0.325 e. The van der Waals surface area contributed by atoms with Gasteiger partial charge >= 0.3 is 6.03 Å². The SMILES string of the molecule is Cc1ccc(NC(=O)Nc2nccs2)cc1C. The summed E-state index contributed by atoms with van der Waals surface area (Å²) in [4.78, 5) is 15.6. The highest BCUT2D eigenvalue weighted by atomic mass is 32.1. The minimum absolute atomic E-state index is 0.275. The molecule has 2 amide bonds. The van der Waals surface area contributed by atoms with E-state index in [9.17, 15) is 4.79 Å². The van der Waals surface area contributed by atoms with Crippen LogP contribution in [0.15, 0.2) is 29.8 Å². The van der Waals surface area contributed by atoms with Gasteiger partial charge in [0.2, 0.25) is 0 Å². The van der Waals surface area contributed by atoms with Crippen LogP contribution >= 0.6 is 11.3 Å². The van der Waals surface area contributed by atoms with Crippen molar-refractivity contribution in [1.82, 2.24) is 4.98 Å². The molecule has 4 nitrogen and oxygen atoms in total. The van der Waals surface area contributed by atoms with Gasteiger partial charge in [0.25, 0.3) is 0 Å². The number of thiazole rings is 1. The number of hydrogen-bond acceptors (Lipinski definition) is 3. The number of rotatable bonds is 2. The normalized spacial score (nSPS) is 10.0. The second kappa shape index (κ2) is 4.97. The second-order valence-electron chi connectivity index (χ2n) is 3.72. The number of aromatic nitrogens is 1. The van der Waals surface area contributed by atoms with E-state index in [1.54, 1.807) is 6.20 Å². The van der Waals surface area contributed by atoms with Crippen LogP contribution in [-0.2, 0) is 0 Å². The van der Waals surface area contributed by atoms with Crippen LogP contribution < -0.4 is 10.6 Å². The van der Waals surface area contributed by atoms with Crippen LogP contribution in [0.4, 0.5) is 15.6 Å². The van der Waals surface area contributed by atoms with Crippen LogP contribution in [0.2, 0.25) is 0 Å². The van der Waals surface area contributed by atoms with Crippen molar-refractivity contribution in [3.8, 4) is 0 Å². The van der Waals surface area contributed by atoms with E-state index in [-0.39, 0.29) is 6.03 Å². The highest BCUT2D eigenvalue weighted by Crippen LogP contribution is 2.15. The average Bonchev–Trinajstić information content (AvgIpc) is 2.76. The lowest BCUT2D eigenvalue weighted by molar-refractivity contribution is 0.262. The molecular weight excluding hydrogens is 234 g/mol. The van der Waals surface area contributed by atoms with Gasteiger partial charge in [0, 0.05) is 17.3 Å². The van der Waals surface area contributed by atoms with Crippen molar-refractivity contribution in [1.29, 1.82) is 0 Å². The number of carbonyl (C=O) groups is 1. The van der Waals surface area contributed by atoms with Crippen molar-refractivity contribution in [3.05, 3.63) is 40.9 Å². The van der Waals surface area contributed by atoms with E-state index in [4.69, 9.17) is 0 Å². The first-order chi connectivity index (χ1) is 8.15. The molecule has 0 aliphatic rings. The van der Waals surface area contributed by atoms with E-state index in [0.29, 0.717) is 5.13 Å². The van der Waals surface area contributed by atoms with Gasteiger partial charge in [-0.05, 0) is 37.1 Å². The Morgan fingerprint density at radius 3 is 2.71 bits per heavy atom. The fourth-order valence-corrected chi connectivity index (χ4v) is 1.89. The third-order valence-corrected chi connectivity index (χ3v) is 3.11. The number of aryl methyl sites for hydroxylation is 2. The maximum atomic E-state index is 11.6. The molecule has 0 aliphatic carbocycles. The Kier molecular flexibility index (Phi) is 3.39. The molecule has 0 aliphatic heterocycles. The number of anilines is 2. The van der Waals surface area contributed by atoms with Gasteiger partial charge < -0.3 is 5.32 Å². The van der Waals surface area contributed by atoms with E-state index < -0.39 is 0 Å². The van der Waals surface area contributed by atoms with Gasteiger partial charge in [0.05, 0.1) is 0 Å². The molecule has 2 N–H and O–H groups in total. The topological polar surface area (TPSA) is 54.0 Å². The van der Waals surface area contributed by atoms with Gasteiger partial charge in [-0.25, -0.2) is 9.78 Å². The summed E-state index contributed by atoms with van der Waals surface area (Å²) in [6.07, 6.45) is 1.65. The Labute approximate surface area is 104 Å². The first kappa shape index (κ1) is 11.6. The second-order valence-corrected chi connectivity index (χ2v) is 4.61. The molecule has 0 radical (unpaired) electrons. The molecule has 0 fully saturated rings. The third-order valence-electron chi connectivity index (χ3n) is 2.42. The molecular formula is C12H13N3OS. The lowest BCUT2D eigenvalue weighted by Gasteiger charge is -2.07. The van der Waals surface area contributed by atoms with Crippen LogP contribution in [0.5, 0.6) is 0 Å². The van der Waals surface area contributed by atoms with E-state index in [2.05, 4.69) is 15.6 Å². The van der Waals surface area contributed by atoms with Crippen LogP contribution in [-0.4, -0.2) is 11.0 Å². The van der Waals surface area contributed by atoms with Crippen LogP contribution in [0.1, 0.15) is 11.1 Å². The summed E-state index contributed by atoms with van der Waals surface area (Å²) in [6.45, 7) is 4.05. The molecule has 0 saturated carbocycles. The Morgan fingerprint density at radius 2 is 2.06 bits per heavy atom. The van der Waals surface area contributed by atoms with Crippen molar-refractivity contribution >= 4 is 28.2 Å². The highest BCUT2D eigenvalue weighted by molar-refractivity contribution is 7.13. The van der Waals surface area contributed by atoms with Crippen molar-refractivity contribution in [2.75, 3.05) is 10.6 Å². The Balaban J connectivity index is 2.00. The number of hydrogen-bond donors (Lipinski definition) is 2. The van der Waals surface area contributed by atoms with Gasteiger partial charge in [-0.1, -0.05) is 6.07 Å². The van der Waals surface area contributed by atoms with Gasteiger partial charge in [0.15, 0.2) is 5.13 Å². The summed E-state index contributed by atoms with van der Waals surface area (Å²) in [5.74, 6) is 0. The first-order valence-corrected chi connectivity index (χ1v) is 6.08. The van der Waals surface area contributed by atoms with E-state index in [1.807, 2.05) is 37.4 Å². The zero-order valence-electron chi connectivity index (χ0n) is 9.65. The smallest absolute Gasteiger partial charge is 0.308 e. The molecule has 0 atom stereocenters. The molecule has 17 heavy (non-hydrogen) atoms. The lowest BCUT2D eigenvalue weighted by atomic mass is 10.1. The van der Waals surface area contributed by atoms with Crippen LogP contribution in [0.25, 0.3) is 0 Å². The minimum atomic E-state index is -0.275. The molecule has 0 saturated heterocycles. The lowest BCUT2D eigenvalue weighted by Crippen LogP contribution is -2.19. The third kappa shape index (κ3) is 3.04. The predicted molar refractivity (Wildman–Crippen MR) is 70.7 cm³/mol. The fourth-order valence-electron chi connectivity index (χ4n) is 1.36. The summed E-state index contributed by atoms with van der Waals surface area (Å²) >= 11 is 1.38. The molecule has 0 spiro atoms. The molecule has 0 bridgehead atoms. The Morgan fingerprint density at radius 1 is 1.24 bits per heavy atom. The number of benzene rings is 1. The van der Waals surface area contributed by atoms with Gasteiger partial charge in [-0.3, -0.25) is 5.32 Å². The van der Waals surface area contributed by atoms with Crippen molar-refractivity contribution < 1.29 is 4.79 Å². The maximum absolute atomic E-state index is 11.6. The number of urea groups is 1. The molecule has 1 heterocycles. The summed E-state index contributed by atoms with van der Waals surface area (Å²) in [7, 11) is 0. The van der Waals surface area contributed by atoms with E-state index in [1.165, 1.54) is 16.9 Å². The van der Waals surface area contributed by atoms with Crippen molar-refractivity contribution in [3.63, 3.8) is 0 Å².